The van der Waals surface area contributed by atoms with Gasteiger partial charge in [0.05, 0.1) is 62.7 Å². The molecule has 1 aliphatic heterocycles. The molecule has 0 unspecified atom stereocenters. The SMILES string of the molecule is CCCCCCCCCCCCCCCCCC[N+](C)(C)CCC[Si]1(O)OCC(CO)(NCCCS(=O)(=O)[O-])CO1. The van der Waals surface area contributed by atoms with E-state index in [1.807, 2.05) is 0 Å². The molecule has 1 aliphatic rings. The quantitative estimate of drug-likeness (QED) is 0.0507. The van der Waals surface area contributed by atoms with E-state index in [-0.39, 0.29) is 32.8 Å². The Balaban J connectivity index is 2.05. The molecular weight excluding hydrogens is 560 g/mol. The van der Waals surface area contributed by atoms with Crippen molar-refractivity contribution in [3.63, 3.8) is 0 Å². The minimum absolute atomic E-state index is 0.0911. The van der Waals surface area contributed by atoms with Gasteiger partial charge >= 0.3 is 8.80 Å². The molecule has 1 rings (SSSR count). The lowest BCUT2D eigenvalue weighted by atomic mass is 10.0. The first-order valence-electron chi connectivity index (χ1n) is 16.6. The minimum Gasteiger partial charge on any atom is -0.748 e. The van der Waals surface area contributed by atoms with E-state index in [1.54, 1.807) is 0 Å². The number of aliphatic hydroxyl groups excluding tert-OH is 1. The molecule has 0 aromatic heterocycles. The summed E-state index contributed by atoms with van der Waals surface area (Å²) in [4.78, 5) is 10.9. The van der Waals surface area contributed by atoms with E-state index in [4.69, 9.17) is 8.85 Å². The van der Waals surface area contributed by atoms with Crippen LogP contribution in [0.25, 0.3) is 0 Å². The third kappa shape index (κ3) is 20.5. The fourth-order valence-electron chi connectivity index (χ4n) is 5.51. The van der Waals surface area contributed by atoms with Crippen molar-refractivity contribution in [2.24, 2.45) is 0 Å². The van der Waals surface area contributed by atoms with Crippen LogP contribution in [0, 0.1) is 0 Å². The summed E-state index contributed by atoms with van der Waals surface area (Å²) in [7, 11) is -3.09. The molecule has 0 atom stereocenters. The normalized spacial score (nSPS) is 21.9. The van der Waals surface area contributed by atoms with E-state index in [0.717, 1.165) is 24.0 Å². The van der Waals surface area contributed by atoms with Crippen molar-refractivity contribution < 1.29 is 36.2 Å². The molecular formula is C30H64N2O7SSi. The number of rotatable bonds is 27. The maximum Gasteiger partial charge on any atom is 0.498 e. The van der Waals surface area contributed by atoms with Gasteiger partial charge in [-0.05, 0) is 25.8 Å². The van der Waals surface area contributed by atoms with Crippen LogP contribution >= 0.6 is 0 Å². The first-order chi connectivity index (χ1) is 19.4. The minimum atomic E-state index is -4.26. The van der Waals surface area contributed by atoms with E-state index >= 15 is 0 Å². The number of aliphatic hydroxyl groups is 1. The summed E-state index contributed by atoms with van der Waals surface area (Å²) >= 11 is 0. The average Bonchev–Trinajstić information content (AvgIpc) is 2.91. The summed E-state index contributed by atoms with van der Waals surface area (Å²) in [5.74, 6) is -0.463. The summed E-state index contributed by atoms with van der Waals surface area (Å²) in [5.41, 5.74) is -0.894. The predicted octanol–water partition coefficient (Wildman–Crippen LogP) is 4.95. The monoisotopic (exact) mass is 624 g/mol. The molecule has 0 bridgehead atoms. The van der Waals surface area contributed by atoms with Crippen molar-refractivity contribution >= 4 is 18.9 Å². The fraction of sp³-hybridized carbons (Fsp3) is 1.00. The van der Waals surface area contributed by atoms with Gasteiger partial charge in [-0.15, -0.1) is 0 Å². The van der Waals surface area contributed by atoms with Gasteiger partial charge in [0.15, 0.2) is 0 Å². The highest BCUT2D eigenvalue weighted by atomic mass is 32.2. The Morgan fingerprint density at radius 2 is 1.22 bits per heavy atom. The molecule has 246 valence electrons. The van der Waals surface area contributed by atoms with Crippen molar-refractivity contribution in [2.75, 3.05) is 59.3 Å². The van der Waals surface area contributed by atoms with Gasteiger partial charge in [-0.25, -0.2) is 8.42 Å². The summed E-state index contributed by atoms with van der Waals surface area (Å²) in [5, 5.41) is 12.9. The predicted molar refractivity (Wildman–Crippen MR) is 168 cm³/mol. The second-order valence-corrected chi connectivity index (χ2v) is 17.1. The van der Waals surface area contributed by atoms with Crippen LogP contribution in [0.15, 0.2) is 0 Å². The lowest BCUT2D eigenvalue weighted by molar-refractivity contribution is -0.890. The first-order valence-corrected chi connectivity index (χ1v) is 20.1. The van der Waals surface area contributed by atoms with E-state index < -0.39 is 30.2 Å². The molecule has 0 radical (unpaired) electrons. The molecule has 41 heavy (non-hydrogen) atoms. The lowest BCUT2D eigenvalue weighted by Gasteiger charge is -2.42. The number of nitrogens with one attached hydrogen (secondary N) is 1. The zero-order chi connectivity index (χ0) is 30.5. The largest absolute Gasteiger partial charge is 0.748 e. The standard InChI is InChI=1S/C30H64N2O7SSi/c1-4-5-6-7-8-9-10-11-12-13-14-15-16-17-18-19-23-32(2,3)24-21-26-41(37)38-28-30(27-33,29-39-41)31-22-20-25-40(34,35)36/h31,33,37H,4-29H2,1-3H3. The fourth-order valence-corrected chi connectivity index (χ4v) is 7.99. The van der Waals surface area contributed by atoms with Crippen molar-refractivity contribution in [1.82, 2.24) is 5.32 Å². The zero-order valence-corrected chi connectivity index (χ0v) is 28.5. The molecule has 0 spiro atoms. The third-order valence-corrected chi connectivity index (χ3v) is 11.4. The highest BCUT2D eigenvalue weighted by Gasteiger charge is 2.47. The molecule has 3 N–H and O–H groups in total. The Morgan fingerprint density at radius 1 is 0.780 bits per heavy atom. The second kappa shape index (κ2) is 21.6. The zero-order valence-electron chi connectivity index (χ0n) is 26.7. The summed E-state index contributed by atoms with van der Waals surface area (Å²) in [6, 6.07) is 0.476. The van der Waals surface area contributed by atoms with Crippen LogP contribution in [0.4, 0.5) is 0 Å². The van der Waals surface area contributed by atoms with Crippen LogP contribution in [-0.4, -0.2) is 101 Å². The number of hydrogen-bond acceptors (Lipinski definition) is 8. The molecule has 0 amide bonds. The van der Waals surface area contributed by atoms with Gasteiger partial charge in [-0.2, -0.15) is 0 Å². The molecule has 1 saturated heterocycles. The molecule has 1 fully saturated rings. The molecule has 1 heterocycles. The molecule has 0 aliphatic carbocycles. The maximum atomic E-state index is 10.9. The van der Waals surface area contributed by atoms with Crippen LogP contribution in [0.2, 0.25) is 6.04 Å². The van der Waals surface area contributed by atoms with Gasteiger partial charge in [0.1, 0.15) is 0 Å². The molecule has 0 aromatic rings. The Labute approximate surface area is 253 Å². The van der Waals surface area contributed by atoms with Crippen LogP contribution in [0.1, 0.15) is 122 Å². The van der Waals surface area contributed by atoms with Crippen molar-refractivity contribution in [1.29, 1.82) is 0 Å². The van der Waals surface area contributed by atoms with Crippen LogP contribution in [0.3, 0.4) is 0 Å². The highest BCUT2D eigenvalue weighted by Crippen LogP contribution is 2.24. The molecule has 9 nitrogen and oxygen atoms in total. The van der Waals surface area contributed by atoms with Gasteiger partial charge in [0.25, 0.3) is 0 Å². The Kier molecular flexibility index (Phi) is 20.5. The second-order valence-electron chi connectivity index (χ2n) is 13.1. The molecule has 0 aromatic carbocycles. The van der Waals surface area contributed by atoms with Gasteiger partial charge in [-0.3, -0.25) is 0 Å². The molecule has 0 saturated carbocycles. The maximum absolute atomic E-state index is 10.9. The van der Waals surface area contributed by atoms with Gasteiger partial charge in [0.2, 0.25) is 0 Å². The summed E-state index contributed by atoms with van der Waals surface area (Å²) in [6.45, 7) is 4.48. The average molecular weight is 625 g/mol. The lowest BCUT2D eigenvalue weighted by Crippen LogP contribution is -2.65. The number of nitrogens with zero attached hydrogens (tertiary/aromatic N) is 1. The van der Waals surface area contributed by atoms with Crippen molar-refractivity contribution in [3.05, 3.63) is 0 Å². The van der Waals surface area contributed by atoms with Gasteiger partial charge in [0, 0.05) is 18.2 Å². The number of hydrogen-bond donors (Lipinski definition) is 3. The number of unbranched alkanes of at least 4 members (excludes halogenated alkanes) is 15. The smallest absolute Gasteiger partial charge is 0.498 e. The van der Waals surface area contributed by atoms with E-state index in [2.05, 4.69) is 26.3 Å². The Hall–Kier alpha value is -0.113. The van der Waals surface area contributed by atoms with Crippen LogP contribution < -0.4 is 5.32 Å². The van der Waals surface area contributed by atoms with Gasteiger partial charge in [-0.1, -0.05) is 96.8 Å². The van der Waals surface area contributed by atoms with Crippen molar-refractivity contribution in [2.45, 2.75) is 134 Å². The van der Waals surface area contributed by atoms with Crippen LogP contribution in [-0.2, 0) is 19.0 Å². The Bertz CT molecular complexity index is 747. The topological polar surface area (TPSA) is 128 Å². The van der Waals surface area contributed by atoms with Crippen LogP contribution in [0.5, 0.6) is 0 Å². The van der Waals surface area contributed by atoms with Crippen molar-refractivity contribution in [3.8, 4) is 0 Å². The van der Waals surface area contributed by atoms with E-state index in [9.17, 15) is 22.9 Å². The van der Waals surface area contributed by atoms with E-state index in [1.165, 1.54) is 103 Å². The summed E-state index contributed by atoms with van der Waals surface area (Å²) < 4.78 is 44.7. The highest BCUT2D eigenvalue weighted by molar-refractivity contribution is 7.85. The summed E-state index contributed by atoms with van der Waals surface area (Å²) in [6.07, 6.45) is 22.9. The number of quaternary nitrogens is 1. The van der Waals surface area contributed by atoms with E-state index in [0.29, 0.717) is 6.04 Å². The van der Waals surface area contributed by atoms with Gasteiger partial charge < -0.3 is 33.1 Å². The third-order valence-electron chi connectivity index (χ3n) is 8.39. The Morgan fingerprint density at radius 3 is 1.66 bits per heavy atom. The first kappa shape index (κ1) is 38.9. The molecule has 11 heteroatoms.